The third-order valence-electron chi connectivity index (χ3n) is 3.82. The molecule has 0 aromatic heterocycles. The Hall–Kier alpha value is -0.900. The zero-order valence-corrected chi connectivity index (χ0v) is 12.7. The molecule has 2 unspecified atom stereocenters. The van der Waals surface area contributed by atoms with Crippen molar-refractivity contribution in [2.24, 2.45) is 5.73 Å². The largest absolute Gasteiger partial charge is 0.383 e. The van der Waals surface area contributed by atoms with E-state index in [0.717, 1.165) is 26.1 Å². The van der Waals surface area contributed by atoms with Gasteiger partial charge in [0, 0.05) is 32.3 Å². The summed E-state index contributed by atoms with van der Waals surface area (Å²) in [5.74, 6) is 0. The van der Waals surface area contributed by atoms with E-state index in [4.69, 9.17) is 10.5 Å². The lowest BCUT2D eigenvalue weighted by Crippen LogP contribution is -2.40. The number of hydrogen-bond acceptors (Lipinski definition) is 3. The van der Waals surface area contributed by atoms with Crippen LogP contribution in [-0.4, -0.2) is 37.7 Å². The average molecular weight is 264 g/mol. The molecule has 1 rings (SSSR count). The Labute approximate surface area is 117 Å². The van der Waals surface area contributed by atoms with Gasteiger partial charge in [0.25, 0.3) is 0 Å². The Kier molecular flexibility index (Phi) is 7.06. The Morgan fingerprint density at radius 2 is 2.00 bits per heavy atom. The predicted octanol–water partition coefficient (Wildman–Crippen LogP) is 2.74. The molecule has 0 aliphatic carbocycles. The molecule has 0 radical (unpaired) electrons. The van der Waals surface area contributed by atoms with Crippen LogP contribution in [0.4, 0.5) is 0 Å². The molecule has 2 atom stereocenters. The van der Waals surface area contributed by atoms with Crippen molar-refractivity contribution in [1.82, 2.24) is 4.90 Å². The molecule has 108 valence electrons. The van der Waals surface area contributed by atoms with Crippen molar-refractivity contribution in [1.29, 1.82) is 0 Å². The number of aryl methyl sites for hydroxylation is 1. The van der Waals surface area contributed by atoms with E-state index in [0.29, 0.717) is 6.04 Å². The molecular formula is C16H28N2O. The van der Waals surface area contributed by atoms with E-state index in [2.05, 4.69) is 49.9 Å². The second-order valence-electron chi connectivity index (χ2n) is 5.21. The molecule has 0 aliphatic rings. The first kappa shape index (κ1) is 16.2. The molecule has 3 heteroatoms. The Morgan fingerprint density at radius 3 is 2.58 bits per heavy atom. The van der Waals surface area contributed by atoms with Gasteiger partial charge in [-0.2, -0.15) is 0 Å². The molecule has 0 saturated carbocycles. The Morgan fingerprint density at radius 1 is 1.32 bits per heavy atom. The lowest BCUT2D eigenvalue weighted by Gasteiger charge is -2.31. The summed E-state index contributed by atoms with van der Waals surface area (Å²) in [5, 5.41) is 0. The quantitative estimate of drug-likeness (QED) is 0.784. The van der Waals surface area contributed by atoms with Crippen LogP contribution >= 0.6 is 0 Å². The number of hydrogen-bond donors (Lipinski definition) is 1. The normalized spacial score (nSPS) is 14.6. The van der Waals surface area contributed by atoms with Crippen molar-refractivity contribution in [2.75, 3.05) is 26.8 Å². The van der Waals surface area contributed by atoms with Gasteiger partial charge in [-0.3, -0.25) is 4.90 Å². The minimum atomic E-state index is 0.0621. The minimum absolute atomic E-state index is 0.0621. The van der Waals surface area contributed by atoms with Crippen LogP contribution in [0.5, 0.6) is 0 Å². The summed E-state index contributed by atoms with van der Waals surface area (Å²) >= 11 is 0. The van der Waals surface area contributed by atoms with Crippen LogP contribution in [0.2, 0.25) is 0 Å². The van der Waals surface area contributed by atoms with Gasteiger partial charge in [-0.25, -0.2) is 0 Å². The van der Waals surface area contributed by atoms with Crippen molar-refractivity contribution >= 4 is 0 Å². The molecule has 3 nitrogen and oxygen atoms in total. The fourth-order valence-electron chi connectivity index (χ4n) is 2.31. The van der Waals surface area contributed by atoms with E-state index in [-0.39, 0.29) is 6.04 Å². The number of methoxy groups -OCH3 is 1. The van der Waals surface area contributed by atoms with Crippen LogP contribution in [-0.2, 0) is 4.74 Å². The minimum Gasteiger partial charge on any atom is -0.383 e. The highest BCUT2D eigenvalue weighted by Gasteiger charge is 2.17. The average Bonchev–Trinajstić information content (AvgIpc) is 2.42. The lowest BCUT2D eigenvalue weighted by molar-refractivity contribution is 0.118. The summed E-state index contributed by atoms with van der Waals surface area (Å²) < 4.78 is 5.20. The van der Waals surface area contributed by atoms with E-state index in [9.17, 15) is 0 Å². The van der Waals surface area contributed by atoms with Gasteiger partial charge in [-0.1, -0.05) is 31.2 Å². The summed E-state index contributed by atoms with van der Waals surface area (Å²) in [5.41, 5.74) is 8.89. The number of nitrogens with zero attached hydrogens (tertiary/aromatic N) is 1. The zero-order valence-electron chi connectivity index (χ0n) is 12.7. The summed E-state index contributed by atoms with van der Waals surface area (Å²) in [6.07, 6.45) is 1.13. The van der Waals surface area contributed by atoms with Crippen LogP contribution in [0, 0.1) is 6.92 Å². The van der Waals surface area contributed by atoms with Crippen LogP contribution < -0.4 is 5.73 Å². The Bertz CT molecular complexity index is 368. The zero-order chi connectivity index (χ0) is 14.3. The topological polar surface area (TPSA) is 38.5 Å². The summed E-state index contributed by atoms with van der Waals surface area (Å²) in [4.78, 5) is 2.42. The van der Waals surface area contributed by atoms with Crippen LogP contribution in [0.25, 0.3) is 0 Å². The van der Waals surface area contributed by atoms with Crippen LogP contribution in [0.3, 0.4) is 0 Å². The SMILES string of the molecule is CCC(C)N(CCOC)CC(N)c1ccccc1C. The van der Waals surface area contributed by atoms with E-state index in [1.165, 1.54) is 11.1 Å². The summed E-state index contributed by atoms with van der Waals surface area (Å²) in [6.45, 7) is 9.15. The second-order valence-corrected chi connectivity index (χ2v) is 5.21. The number of ether oxygens (including phenoxy) is 1. The molecule has 19 heavy (non-hydrogen) atoms. The molecule has 0 aliphatic heterocycles. The molecule has 2 N–H and O–H groups in total. The second kappa shape index (κ2) is 8.31. The van der Waals surface area contributed by atoms with Crippen molar-refractivity contribution in [3.8, 4) is 0 Å². The Balaban J connectivity index is 2.70. The third kappa shape index (κ3) is 4.94. The standard InChI is InChI=1S/C16H28N2O/c1-5-14(3)18(10-11-19-4)12-16(17)15-9-7-6-8-13(15)2/h6-9,14,16H,5,10-12,17H2,1-4H3. The third-order valence-corrected chi connectivity index (χ3v) is 3.82. The maximum Gasteiger partial charge on any atom is 0.0589 e. The van der Waals surface area contributed by atoms with Gasteiger partial charge in [0.15, 0.2) is 0 Å². The highest BCUT2D eigenvalue weighted by atomic mass is 16.5. The summed E-state index contributed by atoms with van der Waals surface area (Å²) in [6, 6.07) is 8.97. The first-order valence-electron chi connectivity index (χ1n) is 7.14. The smallest absolute Gasteiger partial charge is 0.0589 e. The predicted molar refractivity (Wildman–Crippen MR) is 81.3 cm³/mol. The number of rotatable bonds is 8. The molecule has 0 fully saturated rings. The van der Waals surface area contributed by atoms with Gasteiger partial charge >= 0.3 is 0 Å². The maximum absolute atomic E-state index is 6.38. The van der Waals surface area contributed by atoms with E-state index in [1.807, 2.05) is 0 Å². The molecular weight excluding hydrogens is 236 g/mol. The maximum atomic E-state index is 6.38. The van der Waals surface area contributed by atoms with Crippen molar-refractivity contribution < 1.29 is 4.74 Å². The van der Waals surface area contributed by atoms with Gasteiger partial charge in [0.05, 0.1) is 6.61 Å². The van der Waals surface area contributed by atoms with E-state index >= 15 is 0 Å². The molecule has 1 aromatic rings. The highest BCUT2D eigenvalue weighted by molar-refractivity contribution is 5.28. The van der Waals surface area contributed by atoms with Gasteiger partial charge in [0.2, 0.25) is 0 Å². The van der Waals surface area contributed by atoms with Crippen LogP contribution in [0.15, 0.2) is 24.3 Å². The van der Waals surface area contributed by atoms with Gasteiger partial charge in [0.1, 0.15) is 0 Å². The number of nitrogens with two attached hydrogens (primary N) is 1. The summed E-state index contributed by atoms with van der Waals surface area (Å²) in [7, 11) is 1.75. The molecule has 0 heterocycles. The van der Waals surface area contributed by atoms with Crippen molar-refractivity contribution in [3.05, 3.63) is 35.4 Å². The fraction of sp³-hybridized carbons (Fsp3) is 0.625. The first-order valence-corrected chi connectivity index (χ1v) is 7.14. The van der Waals surface area contributed by atoms with E-state index < -0.39 is 0 Å². The van der Waals surface area contributed by atoms with Crippen LogP contribution in [0.1, 0.15) is 37.4 Å². The molecule has 0 saturated heterocycles. The monoisotopic (exact) mass is 264 g/mol. The molecule has 0 bridgehead atoms. The molecule has 1 aromatic carbocycles. The van der Waals surface area contributed by atoms with E-state index in [1.54, 1.807) is 7.11 Å². The highest BCUT2D eigenvalue weighted by Crippen LogP contribution is 2.17. The fourth-order valence-corrected chi connectivity index (χ4v) is 2.31. The first-order chi connectivity index (χ1) is 9.10. The van der Waals surface area contributed by atoms with Crippen molar-refractivity contribution in [3.63, 3.8) is 0 Å². The van der Waals surface area contributed by atoms with Crippen molar-refractivity contribution in [2.45, 2.75) is 39.3 Å². The molecule has 0 amide bonds. The van der Waals surface area contributed by atoms with Gasteiger partial charge in [-0.05, 0) is 31.4 Å². The van der Waals surface area contributed by atoms with Gasteiger partial charge < -0.3 is 10.5 Å². The van der Waals surface area contributed by atoms with Gasteiger partial charge in [-0.15, -0.1) is 0 Å². The number of benzene rings is 1. The lowest BCUT2D eigenvalue weighted by atomic mass is 10.0. The molecule has 0 spiro atoms.